The summed E-state index contributed by atoms with van der Waals surface area (Å²) in [6.07, 6.45) is 5.30. The molecule has 2 rings (SSSR count). The molecule has 2 fully saturated rings. The maximum atomic E-state index is 4.40. The number of likely N-dealkylation sites (tertiary alicyclic amines) is 2. The number of hydrogen-bond acceptors (Lipinski definition) is 3. The fourth-order valence-corrected chi connectivity index (χ4v) is 3.95. The third-order valence-corrected chi connectivity index (χ3v) is 5.47. The molecule has 2 aliphatic rings. The zero-order chi connectivity index (χ0) is 16.7. The highest BCUT2D eigenvalue weighted by Gasteiger charge is 2.24. The van der Waals surface area contributed by atoms with Gasteiger partial charge in [0.25, 0.3) is 0 Å². The van der Waals surface area contributed by atoms with E-state index in [0.29, 0.717) is 12.1 Å². The van der Waals surface area contributed by atoms with Crippen molar-refractivity contribution in [2.24, 2.45) is 10.9 Å². The van der Waals surface area contributed by atoms with Crippen molar-refractivity contribution in [2.75, 3.05) is 46.3 Å². The molecule has 0 spiro atoms. The lowest BCUT2D eigenvalue weighted by Crippen LogP contribution is -2.48. The van der Waals surface area contributed by atoms with Gasteiger partial charge in [-0.05, 0) is 65.1 Å². The first-order valence-corrected chi connectivity index (χ1v) is 9.56. The molecule has 0 aliphatic carbocycles. The van der Waals surface area contributed by atoms with Gasteiger partial charge >= 0.3 is 0 Å². The molecular weight excluding hydrogens is 413 g/mol. The first-order valence-electron chi connectivity index (χ1n) is 9.56. The molecule has 0 bridgehead atoms. The predicted octanol–water partition coefficient (Wildman–Crippen LogP) is 2.37. The van der Waals surface area contributed by atoms with Crippen molar-refractivity contribution in [2.45, 2.75) is 58.5 Å². The van der Waals surface area contributed by atoms with Gasteiger partial charge < -0.3 is 15.5 Å². The van der Waals surface area contributed by atoms with E-state index >= 15 is 0 Å². The fourth-order valence-electron chi connectivity index (χ4n) is 3.95. The average molecular weight is 451 g/mol. The number of hydrogen-bond donors (Lipinski definition) is 2. The van der Waals surface area contributed by atoms with Crippen LogP contribution in [0.4, 0.5) is 0 Å². The Morgan fingerprint density at radius 2 is 1.83 bits per heavy atom. The summed E-state index contributed by atoms with van der Waals surface area (Å²) in [7, 11) is 1.88. The number of aliphatic imine (C=N–C) groups is 1. The molecule has 142 valence electrons. The first-order chi connectivity index (χ1) is 11.1. The standard InChI is InChI=1S/C18H37N5.HI/c1-5-22-10-7-9-17(22)13-21-18(19-4)20-12-16-8-6-11-23(14-16)15(2)3;/h15-17H,5-14H2,1-4H3,(H2,19,20,21);1H. The Balaban J connectivity index is 0.00000288. The van der Waals surface area contributed by atoms with Crippen molar-refractivity contribution in [3.63, 3.8) is 0 Å². The molecule has 0 saturated carbocycles. The van der Waals surface area contributed by atoms with Gasteiger partial charge in [0, 0.05) is 38.8 Å². The van der Waals surface area contributed by atoms with Crippen LogP contribution in [0.25, 0.3) is 0 Å². The first kappa shape index (κ1) is 22.0. The Morgan fingerprint density at radius 3 is 2.50 bits per heavy atom. The van der Waals surface area contributed by atoms with E-state index in [9.17, 15) is 0 Å². The van der Waals surface area contributed by atoms with Gasteiger partial charge in [0.05, 0.1) is 0 Å². The van der Waals surface area contributed by atoms with Crippen LogP contribution in [-0.2, 0) is 0 Å². The van der Waals surface area contributed by atoms with Crippen molar-refractivity contribution in [1.82, 2.24) is 20.4 Å². The van der Waals surface area contributed by atoms with Crippen LogP contribution in [0, 0.1) is 5.92 Å². The van der Waals surface area contributed by atoms with Crippen LogP contribution in [0.3, 0.4) is 0 Å². The van der Waals surface area contributed by atoms with E-state index in [1.807, 2.05) is 7.05 Å². The average Bonchev–Trinajstić information content (AvgIpc) is 3.02. The molecule has 0 aromatic carbocycles. The number of rotatable bonds is 6. The van der Waals surface area contributed by atoms with Crippen LogP contribution in [-0.4, -0.2) is 74.2 Å². The second-order valence-corrected chi connectivity index (χ2v) is 7.36. The van der Waals surface area contributed by atoms with E-state index in [2.05, 4.69) is 46.2 Å². The lowest BCUT2D eigenvalue weighted by Gasteiger charge is -2.35. The van der Waals surface area contributed by atoms with E-state index in [1.54, 1.807) is 0 Å². The second-order valence-electron chi connectivity index (χ2n) is 7.36. The lowest BCUT2D eigenvalue weighted by atomic mass is 9.97. The largest absolute Gasteiger partial charge is 0.356 e. The Morgan fingerprint density at radius 1 is 1.12 bits per heavy atom. The fraction of sp³-hybridized carbons (Fsp3) is 0.944. The highest BCUT2D eigenvalue weighted by Crippen LogP contribution is 2.18. The van der Waals surface area contributed by atoms with Gasteiger partial charge in [0.2, 0.25) is 0 Å². The highest BCUT2D eigenvalue weighted by atomic mass is 127. The Kier molecular flexibility index (Phi) is 10.5. The van der Waals surface area contributed by atoms with Gasteiger partial charge in [-0.2, -0.15) is 0 Å². The van der Waals surface area contributed by atoms with Crippen LogP contribution in [0.5, 0.6) is 0 Å². The van der Waals surface area contributed by atoms with E-state index in [4.69, 9.17) is 0 Å². The van der Waals surface area contributed by atoms with Crippen molar-refractivity contribution in [3.8, 4) is 0 Å². The molecule has 6 heteroatoms. The minimum absolute atomic E-state index is 0. The summed E-state index contributed by atoms with van der Waals surface area (Å²) in [5.74, 6) is 1.71. The van der Waals surface area contributed by atoms with Crippen molar-refractivity contribution >= 4 is 29.9 Å². The molecule has 2 aliphatic heterocycles. The molecule has 2 atom stereocenters. The second kappa shape index (κ2) is 11.5. The minimum atomic E-state index is 0. The zero-order valence-corrected chi connectivity index (χ0v) is 18.4. The number of guanidine groups is 1. The van der Waals surface area contributed by atoms with Crippen molar-refractivity contribution in [1.29, 1.82) is 0 Å². The molecular formula is C18H38IN5. The third kappa shape index (κ3) is 6.67. The SMILES string of the molecule is CCN1CCCC1CNC(=NC)NCC1CCCN(C(C)C)C1.I. The summed E-state index contributed by atoms with van der Waals surface area (Å²) < 4.78 is 0. The van der Waals surface area contributed by atoms with Crippen molar-refractivity contribution in [3.05, 3.63) is 0 Å². The molecule has 0 aromatic rings. The smallest absolute Gasteiger partial charge is 0.191 e. The molecule has 2 saturated heterocycles. The van der Waals surface area contributed by atoms with Gasteiger partial charge in [-0.25, -0.2) is 0 Å². The summed E-state index contributed by atoms with van der Waals surface area (Å²) in [5.41, 5.74) is 0. The summed E-state index contributed by atoms with van der Waals surface area (Å²) >= 11 is 0. The summed E-state index contributed by atoms with van der Waals surface area (Å²) in [5, 5.41) is 7.08. The number of likely N-dealkylation sites (N-methyl/N-ethyl adjacent to an activating group) is 1. The van der Waals surface area contributed by atoms with Gasteiger partial charge in [-0.1, -0.05) is 6.92 Å². The lowest BCUT2D eigenvalue weighted by molar-refractivity contribution is 0.141. The molecule has 2 unspecified atom stereocenters. The number of halogens is 1. The Hall–Kier alpha value is -0.0800. The van der Waals surface area contributed by atoms with E-state index < -0.39 is 0 Å². The van der Waals surface area contributed by atoms with Crippen LogP contribution in [0.1, 0.15) is 46.5 Å². The molecule has 0 aromatic heterocycles. The van der Waals surface area contributed by atoms with Gasteiger partial charge in [-0.15, -0.1) is 24.0 Å². The molecule has 2 heterocycles. The number of nitrogens with zero attached hydrogens (tertiary/aromatic N) is 3. The number of piperidine rings is 1. The zero-order valence-electron chi connectivity index (χ0n) is 16.1. The maximum Gasteiger partial charge on any atom is 0.191 e. The quantitative estimate of drug-likeness (QED) is 0.370. The van der Waals surface area contributed by atoms with Gasteiger partial charge in [0.15, 0.2) is 5.96 Å². The Bertz CT molecular complexity index is 374. The molecule has 0 radical (unpaired) electrons. The topological polar surface area (TPSA) is 42.9 Å². The van der Waals surface area contributed by atoms with E-state index in [-0.39, 0.29) is 24.0 Å². The van der Waals surface area contributed by atoms with Gasteiger partial charge in [-0.3, -0.25) is 9.89 Å². The van der Waals surface area contributed by atoms with Crippen molar-refractivity contribution < 1.29 is 0 Å². The van der Waals surface area contributed by atoms with Gasteiger partial charge in [0.1, 0.15) is 0 Å². The van der Waals surface area contributed by atoms with E-state index in [1.165, 1.54) is 45.3 Å². The van der Waals surface area contributed by atoms with Crippen LogP contribution >= 0.6 is 24.0 Å². The molecule has 0 amide bonds. The van der Waals surface area contributed by atoms with Crippen LogP contribution in [0.2, 0.25) is 0 Å². The van der Waals surface area contributed by atoms with E-state index in [0.717, 1.165) is 31.5 Å². The number of nitrogens with one attached hydrogen (secondary N) is 2. The third-order valence-electron chi connectivity index (χ3n) is 5.47. The monoisotopic (exact) mass is 451 g/mol. The summed E-state index contributed by atoms with van der Waals surface area (Å²) in [4.78, 5) is 9.57. The molecule has 2 N–H and O–H groups in total. The van der Waals surface area contributed by atoms with Crippen LogP contribution in [0.15, 0.2) is 4.99 Å². The summed E-state index contributed by atoms with van der Waals surface area (Å²) in [6.45, 7) is 13.8. The molecule has 24 heavy (non-hydrogen) atoms. The molecule has 5 nitrogen and oxygen atoms in total. The highest BCUT2D eigenvalue weighted by molar-refractivity contribution is 14.0. The predicted molar refractivity (Wildman–Crippen MR) is 114 cm³/mol. The van der Waals surface area contributed by atoms with Crippen LogP contribution < -0.4 is 10.6 Å². The summed E-state index contributed by atoms with van der Waals surface area (Å²) in [6, 6.07) is 1.34. The normalized spacial score (nSPS) is 26.5. The maximum absolute atomic E-state index is 4.40. The minimum Gasteiger partial charge on any atom is -0.356 e. The Labute approximate surface area is 166 Å².